The van der Waals surface area contributed by atoms with Crippen LogP contribution in [-0.2, 0) is 19.1 Å². The Morgan fingerprint density at radius 2 is 1.67 bits per heavy atom. The molecule has 0 heterocycles. The minimum absolute atomic E-state index is 0.00505. The standard InChI is InChI=1S/C7H16O4.C5H8O3.C3H4O2/c1-11-7(5-10)6(4-9)2-3-8;1-3-8-4(2)5(6)7;1-2-3(4)5/h6-10H,2-5H2,1H3;2-3H2,1H3,(H,6,7);2H,1H2,(H,4,5). The molecular formula is C15H28O9. The van der Waals surface area contributed by atoms with Gasteiger partial charge in [-0.15, -0.1) is 0 Å². The summed E-state index contributed by atoms with van der Waals surface area (Å²) in [6.07, 6.45) is 0.919. The van der Waals surface area contributed by atoms with Gasteiger partial charge in [0.25, 0.3) is 0 Å². The molecule has 0 rings (SSSR count). The molecule has 0 fully saturated rings. The van der Waals surface area contributed by atoms with Gasteiger partial charge in [-0.3, -0.25) is 0 Å². The maximum absolute atomic E-state index is 9.86. The van der Waals surface area contributed by atoms with Gasteiger partial charge < -0.3 is 35.0 Å². The number of rotatable bonds is 10. The second-order valence-electron chi connectivity index (χ2n) is 4.12. The molecule has 5 N–H and O–H groups in total. The van der Waals surface area contributed by atoms with Crippen LogP contribution >= 0.6 is 0 Å². The molecule has 142 valence electrons. The van der Waals surface area contributed by atoms with Crippen molar-refractivity contribution in [1.29, 1.82) is 0 Å². The lowest BCUT2D eigenvalue weighted by Crippen LogP contribution is -2.30. The monoisotopic (exact) mass is 352 g/mol. The molecule has 0 amide bonds. The average molecular weight is 352 g/mol. The summed E-state index contributed by atoms with van der Waals surface area (Å²) in [5.74, 6) is -2.46. The minimum atomic E-state index is -1.10. The van der Waals surface area contributed by atoms with Gasteiger partial charge in [0, 0.05) is 32.3 Å². The van der Waals surface area contributed by atoms with Crippen LogP contribution in [0.3, 0.4) is 0 Å². The highest BCUT2D eigenvalue weighted by atomic mass is 16.5. The highest BCUT2D eigenvalue weighted by molar-refractivity contribution is 5.83. The van der Waals surface area contributed by atoms with Gasteiger partial charge in [0.05, 0.1) is 19.3 Å². The third-order valence-corrected chi connectivity index (χ3v) is 2.47. The van der Waals surface area contributed by atoms with Crippen molar-refractivity contribution in [2.45, 2.75) is 19.4 Å². The molecule has 0 saturated carbocycles. The molecule has 9 nitrogen and oxygen atoms in total. The van der Waals surface area contributed by atoms with E-state index < -0.39 is 11.9 Å². The van der Waals surface area contributed by atoms with Crippen molar-refractivity contribution in [2.75, 3.05) is 33.5 Å². The molecule has 0 aromatic heterocycles. The molecule has 2 atom stereocenters. The largest absolute Gasteiger partial charge is 0.487 e. The number of carbonyl (C=O) groups is 2. The van der Waals surface area contributed by atoms with Gasteiger partial charge >= 0.3 is 11.9 Å². The van der Waals surface area contributed by atoms with Crippen molar-refractivity contribution in [3.05, 3.63) is 25.0 Å². The second kappa shape index (κ2) is 19.1. The third-order valence-electron chi connectivity index (χ3n) is 2.47. The van der Waals surface area contributed by atoms with E-state index in [4.69, 9.17) is 30.3 Å². The lowest BCUT2D eigenvalue weighted by Gasteiger charge is -2.21. The fraction of sp³-hybridized carbons (Fsp3) is 0.600. The van der Waals surface area contributed by atoms with Crippen LogP contribution in [0.15, 0.2) is 25.0 Å². The highest BCUT2D eigenvalue weighted by Crippen LogP contribution is 2.10. The Kier molecular flexibility index (Phi) is 21.4. The first kappa shape index (κ1) is 26.9. The van der Waals surface area contributed by atoms with Crippen LogP contribution in [-0.4, -0.2) is 77.1 Å². The fourth-order valence-corrected chi connectivity index (χ4v) is 1.21. The Morgan fingerprint density at radius 3 is 1.83 bits per heavy atom. The van der Waals surface area contributed by atoms with Gasteiger partial charge in [-0.2, -0.15) is 0 Å². The van der Waals surface area contributed by atoms with Gasteiger partial charge in [-0.05, 0) is 19.9 Å². The number of hydrogen-bond acceptors (Lipinski definition) is 7. The SMILES string of the molecule is C=C(OCC)C(=O)O.C=CC(=O)O.COC(CO)C(CO)CCO. The number of methoxy groups -OCH3 is 1. The van der Waals surface area contributed by atoms with E-state index in [0.717, 1.165) is 6.08 Å². The molecule has 0 radical (unpaired) electrons. The Morgan fingerprint density at radius 1 is 1.17 bits per heavy atom. The van der Waals surface area contributed by atoms with Crippen LogP contribution in [0.2, 0.25) is 0 Å². The van der Waals surface area contributed by atoms with E-state index in [0.29, 0.717) is 13.0 Å². The summed E-state index contributed by atoms with van der Waals surface area (Å²) in [7, 11) is 1.47. The van der Waals surface area contributed by atoms with Gasteiger partial charge in [0.2, 0.25) is 0 Å². The van der Waals surface area contributed by atoms with Crippen molar-refractivity contribution in [2.24, 2.45) is 5.92 Å². The molecule has 0 aliphatic carbocycles. The number of aliphatic hydroxyl groups excluding tert-OH is 3. The topological polar surface area (TPSA) is 154 Å². The van der Waals surface area contributed by atoms with E-state index in [2.05, 4.69) is 17.9 Å². The quantitative estimate of drug-likeness (QED) is 0.267. The van der Waals surface area contributed by atoms with Crippen LogP contribution in [0.25, 0.3) is 0 Å². The Bertz CT molecular complexity index is 351. The summed E-state index contributed by atoms with van der Waals surface area (Å²) >= 11 is 0. The highest BCUT2D eigenvalue weighted by Gasteiger charge is 2.18. The van der Waals surface area contributed by atoms with E-state index in [9.17, 15) is 9.59 Å². The van der Waals surface area contributed by atoms with Crippen molar-refractivity contribution < 1.29 is 44.6 Å². The van der Waals surface area contributed by atoms with Gasteiger partial charge in [-0.25, -0.2) is 9.59 Å². The minimum Gasteiger partial charge on any atom is -0.487 e. The van der Waals surface area contributed by atoms with Crippen LogP contribution in [0.5, 0.6) is 0 Å². The van der Waals surface area contributed by atoms with E-state index in [1.54, 1.807) is 6.92 Å². The predicted molar refractivity (Wildman–Crippen MR) is 86.4 cm³/mol. The predicted octanol–water partition coefficient (Wildman–Crippen LogP) is -0.137. The summed E-state index contributed by atoms with van der Waals surface area (Å²) in [4.78, 5) is 19.1. The van der Waals surface area contributed by atoms with Crippen LogP contribution in [0.4, 0.5) is 0 Å². The van der Waals surface area contributed by atoms with E-state index >= 15 is 0 Å². The molecule has 24 heavy (non-hydrogen) atoms. The smallest absolute Gasteiger partial charge is 0.370 e. The number of hydrogen-bond donors (Lipinski definition) is 5. The summed E-state index contributed by atoms with van der Waals surface area (Å²) in [6.45, 7) is 7.95. The van der Waals surface area contributed by atoms with Crippen molar-refractivity contribution in [3.8, 4) is 0 Å². The summed E-state index contributed by atoms with van der Waals surface area (Å²) in [5.41, 5.74) is 0. The fourth-order valence-electron chi connectivity index (χ4n) is 1.21. The summed E-state index contributed by atoms with van der Waals surface area (Å²) < 4.78 is 9.39. The van der Waals surface area contributed by atoms with Gasteiger partial charge in [-0.1, -0.05) is 6.58 Å². The molecule has 0 aromatic rings. The zero-order valence-electron chi connectivity index (χ0n) is 14.1. The van der Waals surface area contributed by atoms with Crippen LogP contribution in [0, 0.1) is 5.92 Å². The van der Waals surface area contributed by atoms with Crippen LogP contribution in [0.1, 0.15) is 13.3 Å². The molecule has 0 bridgehead atoms. The number of carboxylic acid groups (broad SMARTS) is 2. The first-order valence-electron chi connectivity index (χ1n) is 7.01. The maximum atomic E-state index is 9.86. The van der Waals surface area contributed by atoms with Gasteiger partial charge in [0.15, 0.2) is 5.76 Å². The summed E-state index contributed by atoms with van der Waals surface area (Å²) in [5, 5.41) is 41.8. The lowest BCUT2D eigenvalue weighted by molar-refractivity contribution is -0.136. The van der Waals surface area contributed by atoms with Crippen molar-refractivity contribution in [3.63, 3.8) is 0 Å². The first-order chi connectivity index (χ1) is 11.2. The lowest BCUT2D eigenvalue weighted by atomic mass is 10.0. The maximum Gasteiger partial charge on any atom is 0.370 e. The molecular weight excluding hydrogens is 324 g/mol. The molecule has 9 heteroatoms. The van der Waals surface area contributed by atoms with Gasteiger partial charge in [0.1, 0.15) is 0 Å². The zero-order valence-corrected chi connectivity index (χ0v) is 14.1. The number of aliphatic hydroxyl groups is 3. The average Bonchev–Trinajstić information content (AvgIpc) is 2.56. The number of ether oxygens (including phenoxy) is 2. The Hall–Kier alpha value is -1.94. The molecule has 0 aliphatic heterocycles. The molecule has 0 spiro atoms. The van der Waals surface area contributed by atoms with E-state index in [1.165, 1.54) is 7.11 Å². The first-order valence-corrected chi connectivity index (χ1v) is 7.01. The van der Waals surface area contributed by atoms with Crippen LogP contribution < -0.4 is 0 Å². The van der Waals surface area contributed by atoms with E-state index in [1.807, 2.05) is 0 Å². The zero-order chi connectivity index (χ0) is 19.5. The van der Waals surface area contributed by atoms with Crippen molar-refractivity contribution >= 4 is 11.9 Å². The third kappa shape index (κ3) is 18.1. The molecule has 2 unspecified atom stereocenters. The Labute approximate surface area is 141 Å². The second-order valence-corrected chi connectivity index (χ2v) is 4.12. The molecule has 0 saturated heterocycles. The van der Waals surface area contributed by atoms with E-state index in [-0.39, 0.29) is 37.6 Å². The number of aliphatic carboxylic acids is 2. The summed E-state index contributed by atoms with van der Waals surface area (Å²) in [6, 6.07) is 0. The molecule has 0 aliphatic rings. The Balaban J connectivity index is -0.000000298. The number of carboxylic acids is 2. The van der Waals surface area contributed by atoms with Crippen molar-refractivity contribution in [1.82, 2.24) is 0 Å². The normalized spacial score (nSPS) is 11.5. The molecule has 0 aromatic carbocycles.